The van der Waals surface area contributed by atoms with E-state index in [2.05, 4.69) is 15.2 Å². The molecule has 0 aliphatic carbocycles. The SMILES string of the molecule is Cc1ccc(OCC(=O)Nc2ccc(N3CCCC3)cc2)c([N+](=O)[O-])n1. The van der Waals surface area contributed by atoms with E-state index in [4.69, 9.17) is 4.74 Å². The van der Waals surface area contributed by atoms with Crippen LogP contribution in [0, 0.1) is 17.0 Å². The summed E-state index contributed by atoms with van der Waals surface area (Å²) < 4.78 is 5.27. The number of hydrogen-bond acceptors (Lipinski definition) is 6. The second-order valence-corrected chi connectivity index (χ2v) is 6.11. The summed E-state index contributed by atoms with van der Waals surface area (Å²) in [5, 5.41) is 13.7. The first kappa shape index (κ1) is 17.7. The Kier molecular flexibility index (Phi) is 5.31. The molecule has 0 saturated carbocycles. The number of anilines is 2. The fraction of sp³-hybridized carbons (Fsp3) is 0.333. The molecule has 3 rings (SSSR count). The molecule has 1 aromatic heterocycles. The van der Waals surface area contributed by atoms with Crippen LogP contribution >= 0.6 is 0 Å². The number of amides is 1. The van der Waals surface area contributed by atoms with Crippen LogP contribution in [0.15, 0.2) is 36.4 Å². The first-order chi connectivity index (χ1) is 12.5. The van der Waals surface area contributed by atoms with E-state index in [1.54, 1.807) is 13.0 Å². The van der Waals surface area contributed by atoms with Gasteiger partial charge in [0.15, 0.2) is 6.61 Å². The molecule has 1 saturated heterocycles. The van der Waals surface area contributed by atoms with E-state index < -0.39 is 16.6 Å². The van der Waals surface area contributed by atoms with Gasteiger partial charge in [0.05, 0.1) is 0 Å². The van der Waals surface area contributed by atoms with Crippen molar-refractivity contribution in [2.24, 2.45) is 0 Å². The van der Waals surface area contributed by atoms with Crippen molar-refractivity contribution in [2.75, 3.05) is 29.9 Å². The summed E-state index contributed by atoms with van der Waals surface area (Å²) >= 11 is 0. The minimum absolute atomic E-state index is 0.0277. The molecule has 8 nitrogen and oxygen atoms in total. The third-order valence-corrected chi connectivity index (χ3v) is 4.13. The van der Waals surface area contributed by atoms with Crippen molar-refractivity contribution >= 4 is 23.1 Å². The zero-order valence-corrected chi connectivity index (χ0v) is 14.5. The number of aryl methyl sites for hydroxylation is 1. The van der Waals surface area contributed by atoms with Crippen molar-refractivity contribution in [3.63, 3.8) is 0 Å². The smallest absolute Gasteiger partial charge is 0.406 e. The monoisotopic (exact) mass is 356 g/mol. The molecule has 0 atom stereocenters. The van der Waals surface area contributed by atoms with Crippen LogP contribution < -0.4 is 15.0 Å². The summed E-state index contributed by atoms with van der Waals surface area (Å²) in [6, 6.07) is 10.6. The number of benzene rings is 1. The number of ether oxygens (including phenoxy) is 1. The number of aromatic nitrogens is 1. The van der Waals surface area contributed by atoms with Gasteiger partial charge in [0.2, 0.25) is 5.75 Å². The van der Waals surface area contributed by atoms with Crippen LogP contribution in [0.4, 0.5) is 17.2 Å². The largest absolute Gasteiger partial charge is 0.476 e. The maximum Gasteiger partial charge on any atom is 0.406 e. The van der Waals surface area contributed by atoms with Gasteiger partial charge in [-0.15, -0.1) is 0 Å². The summed E-state index contributed by atoms with van der Waals surface area (Å²) in [7, 11) is 0. The highest BCUT2D eigenvalue weighted by Crippen LogP contribution is 2.25. The third-order valence-electron chi connectivity index (χ3n) is 4.13. The molecule has 1 fully saturated rings. The molecule has 0 spiro atoms. The zero-order valence-electron chi connectivity index (χ0n) is 14.5. The van der Waals surface area contributed by atoms with Crippen molar-refractivity contribution in [2.45, 2.75) is 19.8 Å². The summed E-state index contributed by atoms with van der Waals surface area (Å²) in [5.74, 6) is -0.818. The van der Waals surface area contributed by atoms with Crippen LogP contribution in [0.3, 0.4) is 0 Å². The molecular weight excluding hydrogens is 336 g/mol. The zero-order chi connectivity index (χ0) is 18.5. The van der Waals surface area contributed by atoms with E-state index in [-0.39, 0.29) is 12.4 Å². The van der Waals surface area contributed by atoms with Crippen LogP contribution in [-0.2, 0) is 4.79 Å². The quantitative estimate of drug-likeness (QED) is 0.631. The van der Waals surface area contributed by atoms with Crippen molar-refractivity contribution in [3.05, 3.63) is 52.2 Å². The van der Waals surface area contributed by atoms with Gasteiger partial charge in [0, 0.05) is 31.4 Å². The Morgan fingerprint density at radius 1 is 1.23 bits per heavy atom. The molecule has 1 aliphatic heterocycles. The van der Waals surface area contributed by atoms with Gasteiger partial charge in [-0.3, -0.25) is 4.79 Å². The maximum absolute atomic E-state index is 12.0. The fourth-order valence-electron chi connectivity index (χ4n) is 2.84. The molecule has 8 heteroatoms. The molecule has 0 bridgehead atoms. The van der Waals surface area contributed by atoms with E-state index in [1.807, 2.05) is 24.3 Å². The standard InChI is InChI=1S/C18H20N4O4/c1-13-4-9-16(18(19-13)22(24)25)26-12-17(23)20-14-5-7-15(8-6-14)21-10-2-3-11-21/h4-9H,2-3,10-12H2,1H3,(H,20,23). The number of carbonyl (C=O) groups excluding carboxylic acids is 1. The lowest BCUT2D eigenvalue weighted by Crippen LogP contribution is -2.21. The van der Waals surface area contributed by atoms with Crippen LogP contribution in [-0.4, -0.2) is 35.5 Å². The van der Waals surface area contributed by atoms with E-state index >= 15 is 0 Å². The highest BCUT2D eigenvalue weighted by molar-refractivity contribution is 5.92. The minimum atomic E-state index is -0.628. The fourth-order valence-corrected chi connectivity index (χ4v) is 2.84. The van der Waals surface area contributed by atoms with Gasteiger partial charge in [0.25, 0.3) is 5.91 Å². The van der Waals surface area contributed by atoms with Crippen molar-refractivity contribution in [3.8, 4) is 5.75 Å². The molecule has 136 valence electrons. The van der Waals surface area contributed by atoms with Gasteiger partial charge in [-0.25, -0.2) is 0 Å². The lowest BCUT2D eigenvalue weighted by molar-refractivity contribution is -0.390. The van der Waals surface area contributed by atoms with E-state index in [0.717, 1.165) is 18.8 Å². The van der Waals surface area contributed by atoms with Gasteiger partial charge in [-0.05, 0) is 59.1 Å². The molecule has 26 heavy (non-hydrogen) atoms. The van der Waals surface area contributed by atoms with Crippen molar-refractivity contribution < 1.29 is 14.5 Å². The molecule has 1 N–H and O–H groups in total. The average Bonchev–Trinajstić information content (AvgIpc) is 3.16. The number of rotatable bonds is 6. The second-order valence-electron chi connectivity index (χ2n) is 6.11. The molecule has 1 aliphatic rings. The molecular formula is C18H20N4O4. The van der Waals surface area contributed by atoms with Crippen molar-refractivity contribution in [1.82, 2.24) is 4.98 Å². The van der Waals surface area contributed by atoms with E-state index in [9.17, 15) is 14.9 Å². The third kappa shape index (κ3) is 4.27. The van der Waals surface area contributed by atoms with Crippen LogP contribution in [0.1, 0.15) is 18.5 Å². The molecule has 1 amide bonds. The highest BCUT2D eigenvalue weighted by Gasteiger charge is 2.18. The van der Waals surface area contributed by atoms with Gasteiger partial charge in [-0.2, -0.15) is 0 Å². The Balaban J connectivity index is 1.57. The van der Waals surface area contributed by atoms with Crippen LogP contribution in [0.2, 0.25) is 0 Å². The molecule has 2 heterocycles. The topological polar surface area (TPSA) is 97.6 Å². The number of carbonyl (C=O) groups is 1. The second kappa shape index (κ2) is 7.81. The van der Waals surface area contributed by atoms with Gasteiger partial charge < -0.3 is 25.1 Å². The average molecular weight is 356 g/mol. The number of nitrogens with zero attached hydrogens (tertiary/aromatic N) is 3. The minimum Gasteiger partial charge on any atom is -0.476 e. The first-order valence-corrected chi connectivity index (χ1v) is 8.42. The summed E-state index contributed by atoms with van der Waals surface area (Å²) in [5.41, 5.74) is 2.29. The summed E-state index contributed by atoms with van der Waals surface area (Å²) in [6.45, 7) is 3.43. The number of hydrogen-bond donors (Lipinski definition) is 1. The van der Waals surface area contributed by atoms with Gasteiger partial charge >= 0.3 is 5.82 Å². The Labute approximate surface area is 150 Å². The maximum atomic E-state index is 12.0. The van der Waals surface area contributed by atoms with Gasteiger partial charge in [-0.1, -0.05) is 0 Å². The Morgan fingerprint density at radius 3 is 2.58 bits per heavy atom. The lowest BCUT2D eigenvalue weighted by Gasteiger charge is -2.17. The summed E-state index contributed by atoms with van der Waals surface area (Å²) in [6.07, 6.45) is 2.41. The molecule has 0 radical (unpaired) electrons. The summed E-state index contributed by atoms with van der Waals surface area (Å²) in [4.78, 5) is 28.5. The van der Waals surface area contributed by atoms with Crippen LogP contribution in [0.25, 0.3) is 0 Å². The number of nitro groups is 1. The van der Waals surface area contributed by atoms with Gasteiger partial charge in [0.1, 0.15) is 5.69 Å². The Bertz CT molecular complexity index is 801. The van der Waals surface area contributed by atoms with Crippen molar-refractivity contribution in [1.29, 1.82) is 0 Å². The first-order valence-electron chi connectivity index (χ1n) is 8.42. The predicted molar refractivity (Wildman–Crippen MR) is 97.6 cm³/mol. The molecule has 2 aromatic rings. The van der Waals surface area contributed by atoms with E-state index in [1.165, 1.54) is 18.9 Å². The van der Waals surface area contributed by atoms with Crippen LogP contribution in [0.5, 0.6) is 5.75 Å². The number of nitrogens with one attached hydrogen (secondary N) is 1. The lowest BCUT2D eigenvalue weighted by atomic mass is 10.2. The Hall–Kier alpha value is -3.16. The molecule has 1 aromatic carbocycles. The predicted octanol–water partition coefficient (Wildman–Crippen LogP) is 2.92. The van der Waals surface area contributed by atoms with E-state index in [0.29, 0.717) is 11.4 Å². The Morgan fingerprint density at radius 2 is 1.92 bits per heavy atom. The number of pyridine rings is 1. The molecule has 0 unspecified atom stereocenters. The normalized spacial score (nSPS) is 13.5. The highest BCUT2D eigenvalue weighted by atomic mass is 16.6.